The van der Waals surface area contributed by atoms with E-state index in [1.54, 1.807) is 19.2 Å². The number of piperidine rings is 1. The number of aliphatic hydroxyl groups excluding tert-OH is 1. The zero-order chi connectivity index (χ0) is 14.6. The van der Waals surface area contributed by atoms with Crippen LogP contribution in [0.2, 0.25) is 0 Å². The number of hydrogen-bond acceptors (Lipinski definition) is 5. The van der Waals surface area contributed by atoms with Crippen molar-refractivity contribution < 1.29 is 13.5 Å². The quantitative estimate of drug-likeness (QED) is 0.787. The topological polar surface area (TPSA) is 95.4 Å². The van der Waals surface area contributed by atoms with Crippen LogP contribution in [-0.2, 0) is 16.8 Å². The SMILES string of the molecule is Cc1nccc(CNS(=O)(=O)N2CCC(CO)CC2)n1. The number of aliphatic hydroxyl groups is 1. The maximum atomic E-state index is 12.1. The lowest BCUT2D eigenvalue weighted by atomic mass is 10.00. The van der Waals surface area contributed by atoms with E-state index in [1.165, 1.54) is 4.31 Å². The number of nitrogens with one attached hydrogen (secondary N) is 1. The first-order chi connectivity index (χ1) is 9.51. The number of aryl methyl sites for hydroxylation is 1. The molecule has 1 aliphatic rings. The normalized spacial score (nSPS) is 18.3. The van der Waals surface area contributed by atoms with Crippen molar-refractivity contribution in [3.63, 3.8) is 0 Å². The minimum absolute atomic E-state index is 0.127. The van der Waals surface area contributed by atoms with Crippen LogP contribution in [0.25, 0.3) is 0 Å². The maximum Gasteiger partial charge on any atom is 0.279 e. The van der Waals surface area contributed by atoms with Gasteiger partial charge >= 0.3 is 0 Å². The van der Waals surface area contributed by atoms with Crippen molar-refractivity contribution in [1.82, 2.24) is 19.0 Å². The largest absolute Gasteiger partial charge is 0.396 e. The Morgan fingerprint density at radius 1 is 1.45 bits per heavy atom. The molecule has 0 saturated carbocycles. The van der Waals surface area contributed by atoms with Crippen LogP contribution in [0.3, 0.4) is 0 Å². The Labute approximate surface area is 119 Å². The summed E-state index contributed by atoms with van der Waals surface area (Å²) in [7, 11) is -3.48. The average Bonchev–Trinajstić information content (AvgIpc) is 2.45. The monoisotopic (exact) mass is 300 g/mol. The van der Waals surface area contributed by atoms with Crippen LogP contribution < -0.4 is 4.72 Å². The highest BCUT2D eigenvalue weighted by atomic mass is 32.2. The lowest BCUT2D eigenvalue weighted by Crippen LogP contribution is -2.45. The van der Waals surface area contributed by atoms with Crippen molar-refractivity contribution in [2.45, 2.75) is 26.3 Å². The Hall–Kier alpha value is -1.09. The summed E-state index contributed by atoms with van der Waals surface area (Å²) >= 11 is 0. The van der Waals surface area contributed by atoms with E-state index in [9.17, 15) is 8.42 Å². The number of nitrogens with zero attached hydrogens (tertiary/aromatic N) is 3. The Kier molecular flexibility index (Phi) is 5.03. The molecule has 1 aromatic rings. The third-order valence-corrected chi connectivity index (χ3v) is 5.00. The molecule has 2 N–H and O–H groups in total. The van der Waals surface area contributed by atoms with Gasteiger partial charge in [0.25, 0.3) is 10.2 Å². The second-order valence-electron chi connectivity index (χ2n) is 4.95. The van der Waals surface area contributed by atoms with Crippen LogP contribution in [0.1, 0.15) is 24.4 Å². The zero-order valence-electron chi connectivity index (χ0n) is 11.5. The smallest absolute Gasteiger partial charge is 0.279 e. The molecular formula is C12H20N4O3S. The molecule has 7 nitrogen and oxygen atoms in total. The van der Waals surface area contributed by atoms with E-state index in [1.807, 2.05) is 0 Å². The highest BCUT2D eigenvalue weighted by molar-refractivity contribution is 7.87. The van der Waals surface area contributed by atoms with Gasteiger partial charge in [-0.2, -0.15) is 17.4 Å². The molecule has 0 bridgehead atoms. The molecule has 0 aromatic carbocycles. The molecule has 2 heterocycles. The predicted molar refractivity (Wildman–Crippen MR) is 73.9 cm³/mol. The van der Waals surface area contributed by atoms with Gasteiger partial charge in [0.2, 0.25) is 0 Å². The van der Waals surface area contributed by atoms with Gasteiger partial charge in [-0.05, 0) is 31.7 Å². The lowest BCUT2D eigenvalue weighted by Gasteiger charge is -2.30. The fraction of sp³-hybridized carbons (Fsp3) is 0.667. The summed E-state index contributed by atoms with van der Waals surface area (Å²) in [5, 5.41) is 9.06. The van der Waals surface area contributed by atoms with Gasteiger partial charge in [-0.3, -0.25) is 0 Å². The third kappa shape index (κ3) is 3.95. The molecule has 2 rings (SSSR count). The third-order valence-electron chi connectivity index (χ3n) is 3.44. The van der Waals surface area contributed by atoms with E-state index < -0.39 is 10.2 Å². The number of rotatable bonds is 5. The fourth-order valence-electron chi connectivity index (χ4n) is 2.19. The van der Waals surface area contributed by atoms with Crippen molar-refractivity contribution >= 4 is 10.2 Å². The average molecular weight is 300 g/mol. The molecule has 1 fully saturated rings. The lowest BCUT2D eigenvalue weighted by molar-refractivity contribution is 0.169. The first-order valence-corrected chi connectivity index (χ1v) is 8.09. The van der Waals surface area contributed by atoms with Crippen LogP contribution in [0.5, 0.6) is 0 Å². The second-order valence-corrected chi connectivity index (χ2v) is 6.70. The maximum absolute atomic E-state index is 12.1. The molecule has 0 spiro atoms. The summed E-state index contributed by atoms with van der Waals surface area (Å²) in [6.45, 7) is 2.94. The molecule has 0 atom stereocenters. The van der Waals surface area contributed by atoms with Gasteiger partial charge in [-0.15, -0.1) is 0 Å². The van der Waals surface area contributed by atoms with Gasteiger partial charge < -0.3 is 5.11 Å². The van der Waals surface area contributed by atoms with E-state index >= 15 is 0 Å². The van der Waals surface area contributed by atoms with Gasteiger partial charge in [0.1, 0.15) is 5.82 Å². The van der Waals surface area contributed by atoms with Gasteiger partial charge in [0, 0.05) is 25.9 Å². The molecule has 1 aromatic heterocycles. The first kappa shape index (κ1) is 15.3. The Morgan fingerprint density at radius 3 is 2.75 bits per heavy atom. The summed E-state index contributed by atoms with van der Waals surface area (Å²) in [5.74, 6) is 0.830. The minimum atomic E-state index is -3.48. The summed E-state index contributed by atoms with van der Waals surface area (Å²) in [6, 6.07) is 1.69. The van der Waals surface area contributed by atoms with E-state index in [4.69, 9.17) is 5.11 Å². The second kappa shape index (κ2) is 6.57. The van der Waals surface area contributed by atoms with Crippen LogP contribution in [0.4, 0.5) is 0 Å². The minimum Gasteiger partial charge on any atom is -0.396 e. The molecule has 0 aliphatic carbocycles. The molecular weight excluding hydrogens is 280 g/mol. The molecule has 20 heavy (non-hydrogen) atoms. The highest BCUT2D eigenvalue weighted by Gasteiger charge is 2.27. The van der Waals surface area contributed by atoms with Gasteiger partial charge in [0.05, 0.1) is 12.2 Å². The molecule has 8 heteroatoms. The molecule has 1 aliphatic heterocycles. The van der Waals surface area contributed by atoms with Gasteiger partial charge in [-0.25, -0.2) is 9.97 Å². The van der Waals surface area contributed by atoms with Gasteiger partial charge in [0.15, 0.2) is 0 Å². The Bertz CT molecular complexity index is 541. The summed E-state index contributed by atoms with van der Waals surface area (Å²) in [6.07, 6.45) is 3.01. The summed E-state index contributed by atoms with van der Waals surface area (Å²) < 4.78 is 28.3. The van der Waals surface area contributed by atoms with Crippen LogP contribution in [-0.4, -0.2) is 47.5 Å². The first-order valence-electron chi connectivity index (χ1n) is 6.65. The predicted octanol–water partition coefficient (Wildman–Crippen LogP) is -0.176. The van der Waals surface area contributed by atoms with Gasteiger partial charge in [-0.1, -0.05) is 0 Å². The van der Waals surface area contributed by atoms with Crippen LogP contribution in [0, 0.1) is 12.8 Å². The van der Waals surface area contributed by atoms with Crippen molar-refractivity contribution in [3.05, 3.63) is 23.8 Å². The van der Waals surface area contributed by atoms with Crippen molar-refractivity contribution in [3.8, 4) is 0 Å². The standard InChI is InChI=1S/C12H20N4O3S/c1-10-13-5-2-12(15-10)8-14-20(18,19)16-6-3-11(9-17)4-7-16/h2,5,11,14,17H,3-4,6-9H2,1H3. The molecule has 0 radical (unpaired) electrons. The molecule has 112 valence electrons. The summed E-state index contributed by atoms with van der Waals surface area (Å²) in [5.41, 5.74) is 0.645. The van der Waals surface area contributed by atoms with Crippen molar-refractivity contribution in [2.75, 3.05) is 19.7 Å². The van der Waals surface area contributed by atoms with Crippen molar-refractivity contribution in [1.29, 1.82) is 0 Å². The fourth-order valence-corrected chi connectivity index (χ4v) is 3.40. The zero-order valence-corrected chi connectivity index (χ0v) is 12.3. The number of aromatic nitrogens is 2. The van der Waals surface area contributed by atoms with E-state index in [2.05, 4.69) is 14.7 Å². The Balaban J connectivity index is 1.91. The van der Waals surface area contributed by atoms with E-state index in [-0.39, 0.29) is 19.1 Å². The number of hydrogen-bond donors (Lipinski definition) is 2. The summed E-state index contributed by atoms with van der Waals surface area (Å²) in [4.78, 5) is 8.13. The van der Waals surface area contributed by atoms with E-state index in [0.717, 1.165) is 0 Å². The van der Waals surface area contributed by atoms with E-state index in [0.29, 0.717) is 37.4 Å². The van der Waals surface area contributed by atoms with Crippen molar-refractivity contribution in [2.24, 2.45) is 5.92 Å². The highest BCUT2D eigenvalue weighted by Crippen LogP contribution is 2.18. The molecule has 0 amide bonds. The Morgan fingerprint density at radius 2 is 2.15 bits per heavy atom. The molecule has 1 saturated heterocycles. The molecule has 0 unspecified atom stereocenters. The van der Waals surface area contributed by atoms with Crippen LogP contribution in [0.15, 0.2) is 12.3 Å². The van der Waals surface area contributed by atoms with Crippen LogP contribution >= 0.6 is 0 Å².